The molecule has 0 amide bonds. The second-order valence-electron chi connectivity index (χ2n) is 9.45. The Balaban J connectivity index is 1.29. The number of aromatic nitrogens is 1. The van der Waals surface area contributed by atoms with Gasteiger partial charge in [-0.05, 0) is 105 Å². The minimum Gasteiger partial charge on any atom is -0.497 e. The molecule has 1 fully saturated rings. The van der Waals surface area contributed by atoms with E-state index in [-0.39, 0.29) is 6.42 Å². The van der Waals surface area contributed by atoms with E-state index < -0.39 is 5.97 Å². The predicted molar refractivity (Wildman–Crippen MR) is 140 cm³/mol. The first kappa shape index (κ1) is 25.6. The third-order valence-corrected chi connectivity index (χ3v) is 8.21. The Morgan fingerprint density at radius 3 is 2.94 bits per heavy atom. The van der Waals surface area contributed by atoms with Crippen LogP contribution in [0.15, 0.2) is 58.4 Å². The number of thioether (sulfide) groups is 1. The van der Waals surface area contributed by atoms with Crippen molar-refractivity contribution in [1.29, 1.82) is 0 Å². The number of aryl methyl sites for hydroxylation is 1. The first-order valence-electron chi connectivity index (χ1n) is 12.6. The zero-order chi connectivity index (χ0) is 24.5. The maximum absolute atomic E-state index is 11.3. The van der Waals surface area contributed by atoms with Crippen molar-refractivity contribution in [3.63, 3.8) is 0 Å². The molecule has 0 radical (unpaired) electrons. The number of aliphatic carboxylic acids is 1. The standard InChI is InChI=1S/C28H36N2O4S/c1-33-24-7-8-27-26(18-24)22(10-13-29-27)5-2-4-21-11-15-30(19-23(21)6-9-28(31)32)14-3-17-35-25-12-16-34-20-25/h7-8,10,12-13,16,18,20-21,23H,2-6,9,11,14-15,17,19H2,1H3,(H,31,32). The van der Waals surface area contributed by atoms with Crippen molar-refractivity contribution in [3.05, 3.63) is 54.6 Å². The Kier molecular flexibility index (Phi) is 9.49. The van der Waals surface area contributed by atoms with E-state index in [0.717, 1.165) is 80.6 Å². The van der Waals surface area contributed by atoms with E-state index in [9.17, 15) is 9.90 Å². The summed E-state index contributed by atoms with van der Waals surface area (Å²) in [4.78, 5) is 19.5. The second kappa shape index (κ2) is 13.0. The molecule has 3 heterocycles. The highest BCUT2D eigenvalue weighted by atomic mass is 32.2. The van der Waals surface area contributed by atoms with Gasteiger partial charge in [0.1, 0.15) is 12.0 Å². The molecule has 0 aliphatic carbocycles. The molecule has 2 unspecified atom stereocenters. The fourth-order valence-corrected chi connectivity index (χ4v) is 6.05. The van der Waals surface area contributed by atoms with Gasteiger partial charge in [-0.1, -0.05) is 0 Å². The Hall–Kier alpha value is -2.51. The first-order chi connectivity index (χ1) is 17.1. The average Bonchev–Trinajstić information content (AvgIpc) is 3.39. The molecular formula is C28H36N2O4S. The van der Waals surface area contributed by atoms with Gasteiger partial charge in [-0.2, -0.15) is 0 Å². The molecule has 1 aliphatic heterocycles. The lowest BCUT2D eigenvalue weighted by Crippen LogP contribution is -2.41. The van der Waals surface area contributed by atoms with Crippen LogP contribution in [0.25, 0.3) is 10.9 Å². The molecule has 35 heavy (non-hydrogen) atoms. The molecule has 2 aromatic heterocycles. The minimum absolute atomic E-state index is 0.264. The van der Waals surface area contributed by atoms with Crippen LogP contribution >= 0.6 is 11.8 Å². The van der Waals surface area contributed by atoms with Crippen molar-refractivity contribution in [3.8, 4) is 5.75 Å². The monoisotopic (exact) mass is 496 g/mol. The normalized spacial score (nSPS) is 18.7. The van der Waals surface area contributed by atoms with Crippen LogP contribution in [0, 0.1) is 11.8 Å². The van der Waals surface area contributed by atoms with Crippen LogP contribution in [0.1, 0.15) is 44.1 Å². The Morgan fingerprint density at radius 2 is 2.14 bits per heavy atom. The van der Waals surface area contributed by atoms with Crippen LogP contribution in [0.5, 0.6) is 5.75 Å². The SMILES string of the molecule is COc1ccc2nccc(CCCC3CCN(CCCSc4ccoc4)CC3CCC(=O)O)c2c1. The van der Waals surface area contributed by atoms with E-state index in [4.69, 9.17) is 9.15 Å². The number of ether oxygens (including phenoxy) is 1. The van der Waals surface area contributed by atoms with Gasteiger partial charge < -0.3 is 19.2 Å². The summed E-state index contributed by atoms with van der Waals surface area (Å²) in [6.45, 7) is 3.20. The lowest BCUT2D eigenvalue weighted by molar-refractivity contribution is -0.137. The summed E-state index contributed by atoms with van der Waals surface area (Å²) in [5.41, 5.74) is 2.31. The summed E-state index contributed by atoms with van der Waals surface area (Å²) in [5.74, 6) is 2.29. The van der Waals surface area contributed by atoms with Crippen LogP contribution in [0.3, 0.4) is 0 Å². The van der Waals surface area contributed by atoms with Crippen LogP contribution < -0.4 is 4.74 Å². The van der Waals surface area contributed by atoms with Crippen molar-refractivity contribution in [2.75, 3.05) is 32.5 Å². The molecule has 188 valence electrons. The number of pyridine rings is 1. The highest BCUT2D eigenvalue weighted by Gasteiger charge is 2.29. The third-order valence-electron chi connectivity index (χ3n) is 7.15. The van der Waals surface area contributed by atoms with Crippen LogP contribution in [0.2, 0.25) is 0 Å². The van der Waals surface area contributed by atoms with E-state index in [1.807, 2.05) is 36.2 Å². The molecule has 1 N–H and O–H groups in total. The van der Waals surface area contributed by atoms with Crippen molar-refractivity contribution in [1.82, 2.24) is 9.88 Å². The molecule has 3 aromatic rings. The summed E-state index contributed by atoms with van der Waals surface area (Å²) in [7, 11) is 1.69. The number of furan rings is 1. The van der Waals surface area contributed by atoms with Crippen molar-refractivity contribution < 1.29 is 19.1 Å². The molecule has 0 saturated carbocycles. The van der Waals surface area contributed by atoms with Crippen molar-refractivity contribution in [2.45, 2.75) is 49.8 Å². The van der Waals surface area contributed by atoms with Gasteiger partial charge in [-0.25, -0.2) is 0 Å². The molecule has 1 aromatic carbocycles. The number of carbonyl (C=O) groups is 1. The van der Waals surface area contributed by atoms with E-state index in [2.05, 4.69) is 22.0 Å². The molecule has 0 spiro atoms. The summed E-state index contributed by atoms with van der Waals surface area (Å²) in [6.07, 6.45) is 12.0. The molecule has 7 heteroatoms. The topological polar surface area (TPSA) is 75.8 Å². The summed E-state index contributed by atoms with van der Waals surface area (Å²) in [5, 5.41) is 10.5. The number of likely N-dealkylation sites (tertiary alicyclic amines) is 1. The number of nitrogens with zero attached hydrogens (tertiary/aromatic N) is 2. The molecular weight excluding hydrogens is 460 g/mol. The third kappa shape index (κ3) is 7.48. The van der Waals surface area contributed by atoms with Gasteiger partial charge in [0, 0.05) is 29.4 Å². The largest absolute Gasteiger partial charge is 0.497 e. The number of carboxylic acid groups (broad SMARTS) is 1. The smallest absolute Gasteiger partial charge is 0.303 e. The number of carboxylic acids is 1. The zero-order valence-corrected chi connectivity index (χ0v) is 21.3. The second-order valence-corrected chi connectivity index (χ2v) is 10.6. The molecule has 1 saturated heterocycles. The summed E-state index contributed by atoms with van der Waals surface area (Å²) < 4.78 is 10.6. The highest BCUT2D eigenvalue weighted by molar-refractivity contribution is 7.99. The number of hydrogen-bond donors (Lipinski definition) is 1. The Morgan fingerprint density at radius 1 is 1.23 bits per heavy atom. The van der Waals surface area contributed by atoms with Gasteiger partial charge in [-0.15, -0.1) is 11.8 Å². The lowest BCUT2D eigenvalue weighted by Gasteiger charge is -2.39. The number of fused-ring (bicyclic) bond motifs is 1. The number of benzene rings is 1. The van der Waals surface area contributed by atoms with E-state index in [0.29, 0.717) is 11.8 Å². The van der Waals surface area contributed by atoms with Crippen LogP contribution in [0.4, 0.5) is 0 Å². The fraction of sp³-hybridized carbons (Fsp3) is 0.500. The first-order valence-corrected chi connectivity index (χ1v) is 13.6. The predicted octanol–water partition coefficient (Wildman–Crippen LogP) is 6.14. The van der Waals surface area contributed by atoms with Gasteiger partial charge >= 0.3 is 5.97 Å². The number of methoxy groups -OCH3 is 1. The number of rotatable bonds is 13. The quantitative estimate of drug-likeness (QED) is 0.225. The Labute approximate surface area is 212 Å². The van der Waals surface area contributed by atoms with Gasteiger partial charge in [-0.3, -0.25) is 9.78 Å². The zero-order valence-electron chi connectivity index (χ0n) is 20.5. The van der Waals surface area contributed by atoms with Crippen molar-refractivity contribution >= 4 is 28.6 Å². The lowest BCUT2D eigenvalue weighted by atomic mass is 9.79. The van der Waals surface area contributed by atoms with Crippen molar-refractivity contribution in [2.24, 2.45) is 11.8 Å². The van der Waals surface area contributed by atoms with Gasteiger partial charge in [0.2, 0.25) is 0 Å². The summed E-state index contributed by atoms with van der Waals surface area (Å²) in [6, 6.07) is 10.2. The fourth-order valence-electron chi connectivity index (χ4n) is 5.27. The summed E-state index contributed by atoms with van der Waals surface area (Å²) >= 11 is 1.83. The minimum atomic E-state index is -0.686. The van der Waals surface area contributed by atoms with E-state index in [1.165, 1.54) is 10.5 Å². The maximum atomic E-state index is 11.3. The molecule has 1 aliphatic rings. The average molecular weight is 497 g/mol. The molecule has 6 nitrogen and oxygen atoms in total. The number of hydrogen-bond acceptors (Lipinski definition) is 6. The number of piperidine rings is 1. The van der Waals surface area contributed by atoms with Crippen LogP contribution in [-0.2, 0) is 11.2 Å². The van der Waals surface area contributed by atoms with Gasteiger partial charge in [0.05, 0.1) is 18.9 Å². The van der Waals surface area contributed by atoms with E-state index >= 15 is 0 Å². The molecule has 2 atom stereocenters. The molecule has 4 rings (SSSR count). The van der Waals surface area contributed by atoms with Gasteiger partial charge in [0.15, 0.2) is 0 Å². The maximum Gasteiger partial charge on any atom is 0.303 e. The van der Waals surface area contributed by atoms with Gasteiger partial charge in [0.25, 0.3) is 0 Å². The highest BCUT2D eigenvalue weighted by Crippen LogP contribution is 2.32. The van der Waals surface area contributed by atoms with E-state index in [1.54, 1.807) is 19.6 Å². The molecule has 0 bridgehead atoms. The van der Waals surface area contributed by atoms with Crippen LogP contribution in [-0.4, -0.2) is 53.5 Å². The Bertz CT molecular complexity index is 1070.